The zero-order chi connectivity index (χ0) is 16.2. The molecule has 9 heteroatoms. The van der Waals surface area contributed by atoms with Gasteiger partial charge in [-0.15, -0.1) is 10.2 Å². The highest BCUT2D eigenvalue weighted by atomic mass is 35.5. The average Bonchev–Trinajstić information content (AvgIpc) is 3.06. The average molecular weight is 349 g/mol. The van der Waals surface area contributed by atoms with E-state index in [0.717, 1.165) is 0 Å². The second kappa shape index (κ2) is 6.64. The maximum Gasteiger partial charge on any atom is 0.323 e. The van der Waals surface area contributed by atoms with Crippen molar-refractivity contribution in [3.63, 3.8) is 0 Å². The molecular weight excluding hydrogens is 339 g/mol. The van der Waals surface area contributed by atoms with Crippen molar-refractivity contribution in [3.8, 4) is 5.82 Å². The normalized spacial score (nSPS) is 10.3. The van der Waals surface area contributed by atoms with E-state index in [4.69, 9.17) is 23.2 Å². The van der Waals surface area contributed by atoms with Gasteiger partial charge in [0.25, 0.3) is 0 Å². The molecule has 0 aliphatic rings. The Balaban J connectivity index is 1.64. The Kier molecular flexibility index (Phi) is 4.40. The molecule has 0 atom stereocenters. The molecule has 7 nitrogen and oxygen atoms in total. The number of aromatic nitrogens is 4. The van der Waals surface area contributed by atoms with Crippen molar-refractivity contribution in [1.82, 2.24) is 19.7 Å². The van der Waals surface area contributed by atoms with Crippen molar-refractivity contribution in [2.24, 2.45) is 0 Å². The first-order valence-electron chi connectivity index (χ1n) is 6.46. The number of hydrogen-bond donors (Lipinski definition) is 2. The van der Waals surface area contributed by atoms with Crippen LogP contribution in [0.4, 0.5) is 16.2 Å². The molecule has 0 spiro atoms. The molecule has 3 rings (SSSR count). The summed E-state index contributed by atoms with van der Waals surface area (Å²) in [5.74, 6) is 0.644. The van der Waals surface area contributed by atoms with E-state index in [9.17, 15) is 4.79 Å². The van der Waals surface area contributed by atoms with Crippen LogP contribution in [0.15, 0.2) is 49.2 Å². The van der Waals surface area contributed by atoms with Crippen LogP contribution in [-0.4, -0.2) is 25.8 Å². The standard InChI is InChI=1S/C14H10Cl2N6O/c15-11-3-1-9(5-12(11)16)20-14(23)21-10-2-4-13(17-6-10)22-7-18-19-8-22/h1-8H,(H2,20,21,23). The molecule has 0 bridgehead atoms. The van der Waals surface area contributed by atoms with Gasteiger partial charge in [-0.2, -0.15) is 0 Å². The first-order valence-corrected chi connectivity index (χ1v) is 7.21. The fourth-order valence-corrected chi connectivity index (χ4v) is 2.10. The van der Waals surface area contributed by atoms with Crippen molar-refractivity contribution in [1.29, 1.82) is 0 Å². The number of pyridine rings is 1. The van der Waals surface area contributed by atoms with Gasteiger partial charge in [0, 0.05) is 5.69 Å². The van der Waals surface area contributed by atoms with Crippen LogP contribution in [0.2, 0.25) is 10.0 Å². The number of anilines is 2. The molecule has 0 radical (unpaired) electrons. The Bertz CT molecular complexity index is 820. The van der Waals surface area contributed by atoms with E-state index in [0.29, 0.717) is 27.2 Å². The summed E-state index contributed by atoms with van der Waals surface area (Å²) < 4.78 is 1.65. The molecule has 0 aliphatic carbocycles. The molecular formula is C14H10Cl2N6O. The van der Waals surface area contributed by atoms with Gasteiger partial charge in [-0.1, -0.05) is 23.2 Å². The third kappa shape index (κ3) is 3.77. The highest BCUT2D eigenvalue weighted by Crippen LogP contribution is 2.25. The molecule has 3 aromatic rings. The van der Waals surface area contributed by atoms with E-state index in [1.807, 2.05) is 0 Å². The second-order valence-electron chi connectivity index (χ2n) is 4.48. The fourth-order valence-electron chi connectivity index (χ4n) is 1.80. The quantitative estimate of drug-likeness (QED) is 0.756. The number of amides is 2. The number of halogens is 2. The Labute approximate surface area is 141 Å². The van der Waals surface area contributed by atoms with Crippen molar-refractivity contribution in [2.75, 3.05) is 10.6 Å². The molecule has 0 saturated heterocycles. The molecule has 2 amide bonds. The van der Waals surface area contributed by atoms with Crippen LogP contribution in [-0.2, 0) is 0 Å². The van der Waals surface area contributed by atoms with E-state index in [1.54, 1.807) is 34.9 Å². The van der Waals surface area contributed by atoms with Crippen LogP contribution < -0.4 is 10.6 Å². The summed E-state index contributed by atoms with van der Waals surface area (Å²) >= 11 is 11.7. The van der Waals surface area contributed by atoms with Gasteiger partial charge in [0.05, 0.1) is 21.9 Å². The van der Waals surface area contributed by atoms with E-state index in [2.05, 4.69) is 25.8 Å². The zero-order valence-corrected chi connectivity index (χ0v) is 13.1. The third-order valence-electron chi connectivity index (χ3n) is 2.87. The molecule has 0 unspecified atom stereocenters. The summed E-state index contributed by atoms with van der Waals surface area (Å²) in [6, 6.07) is 7.87. The minimum atomic E-state index is -0.415. The predicted molar refractivity (Wildman–Crippen MR) is 88.3 cm³/mol. The number of nitrogens with one attached hydrogen (secondary N) is 2. The highest BCUT2D eigenvalue weighted by Gasteiger charge is 2.06. The maximum atomic E-state index is 11.9. The Morgan fingerprint density at radius 2 is 1.65 bits per heavy atom. The van der Waals surface area contributed by atoms with Gasteiger partial charge in [-0.25, -0.2) is 9.78 Å². The lowest BCUT2D eigenvalue weighted by molar-refractivity contribution is 0.262. The lowest BCUT2D eigenvalue weighted by Crippen LogP contribution is -2.19. The summed E-state index contributed by atoms with van der Waals surface area (Å²) in [6.07, 6.45) is 4.60. The number of rotatable bonds is 3. The summed E-state index contributed by atoms with van der Waals surface area (Å²) in [6.45, 7) is 0. The van der Waals surface area contributed by atoms with Crippen LogP contribution in [0, 0.1) is 0 Å². The monoisotopic (exact) mass is 348 g/mol. The van der Waals surface area contributed by atoms with Crippen LogP contribution in [0.1, 0.15) is 0 Å². The van der Waals surface area contributed by atoms with Gasteiger partial charge >= 0.3 is 6.03 Å². The molecule has 0 aliphatic heterocycles. The smallest absolute Gasteiger partial charge is 0.308 e. The van der Waals surface area contributed by atoms with Crippen LogP contribution in [0.25, 0.3) is 5.82 Å². The number of carbonyl (C=O) groups excluding carboxylic acids is 1. The van der Waals surface area contributed by atoms with Crippen molar-refractivity contribution in [2.45, 2.75) is 0 Å². The second-order valence-corrected chi connectivity index (χ2v) is 5.30. The minimum absolute atomic E-state index is 0.365. The van der Waals surface area contributed by atoms with Crippen molar-refractivity contribution in [3.05, 3.63) is 59.2 Å². The molecule has 2 aromatic heterocycles. The van der Waals surface area contributed by atoms with Gasteiger partial charge in [0.2, 0.25) is 0 Å². The van der Waals surface area contributed by atoms with Gasteiger partial charge in [-0.05, 0) is 30.3 Å². The van der Waals surface area contributed by atoms with Crippen molar-refractivity contribution >= 4 is 40.6 Å². The number of carbonyl (C=O) groups is 1. The molecule has 23 heavy (non-hydrogen) atoms. The van der Waals surface area contributed by atoms with Gasteiger partial charge in [0.1, 0.15) is 18.5 Å². The van der Waals surface area contributed by atoms with Gasteiger partial charge < -0.3 is 10.6 Å². The number of benzene rings is 1. The molecule has 1 aromatic carbocycles. The summed E-state index contributed by atoms with van der Waals surface area (Å²) in [7, 11) is 0. The molecule has 2 N–H and O–H groups in total. The topological polar surface area (TPSA) is 84.7 Å². The fraction of sp³-hybridized carbons (Fsp3) is 0. The Morgan fingerprint density at radius 3 is 2.30 bits per heavy atom. The summed E-state index contributed by atoms with van der Waals surface area (Å²) in [5.41, 5.74) is 1.07. The number of urea groups is 1. The summed E-state index contributed by atoms with van der Waals surface area (Å²) in [5, 5.41) is 13.5. The Morgan fingerprint density at radius 1 is 0.957 bits per heavy atom. The lowest BCUT2D eigenvalue weighted by Gasteiger charge is -2.08. The summed E-state index contributed by atoms with van der Waals surface area (Å²) in [4.78, 5) is 16.1. The van der Waals surface area contributed by atoms with E-state index >= 15 is 0 Å². The number of nitrogens with zero attached hydrogens (tertiary/aromatic N) is 4. The zero-order valence-electron chi connectivity index (χ0n) is 11.6. The molecule has 116 valence electrons. The van der Waals surface area contributed by atoms with Crippen molar-refractivity contribution < 1.29 is 4.79 Å². The minimum Gasteiger partial charge on any atom is -0.308 e. The van der Waals surface area contributed by atoms with Crippen LogP contribution in [0.5, 0.6) is 0 Å². The first-order chi connectivity index (χ1) is 11.1. The molecule has 0 saturated carbocycles. The van der Waals surface area contributed by atoms with Gasteiger partial charge in [-0.3, -0.25) is 4.57 Å². The Hall–Kier alpha value is -2.64. The van der Waals surface area contributed by atoms with E-state index in [-0.39, 0.29) is 0 Å². The third-order valence-corrected chi connectivity index (χ3v) is 3.61. The largest absolute Gasteiger partial charge is 0.323 e. The lowest BCUT2D eigenvalue weighted by atomic mass is 10.3. The maximum absolute atomic E-state index is 11.9. The van der Waals surface area contributed by atoms with E-state index in [1.165, 1.54) is 18.9 Å². The SMILES string of the molecule is O=C(Nc1ccc(-n2cnnc2)nc1)Nc1ccc(Cl)c(Cl)c1. The predicted octanol–water partition coefficient (Wildman–Crippen LogP) is 3.61. The van der Waals surface area contributed by atoms with E-state index < -0.39 is 6.03 Å². The van der Waals surface area contributed by atoms with Crippen LogP contribution >= 0.6 is 23.2 Å². The highest BCUT2D eigenvalue weighted by molar-refractivity contribution is 6.42. The number of hydrogen-bond acceptors (Lipinski definition) is 4. The molecule has 2 heterocycles. The van der Waals surface area contributed by atoms with Crippen LogP contribution in [0.3, 0.4) is 0 Å². The molecule has 0 fully saturated rings. The first kappa shape index (κ1) is 15.3. The van der Waals surface area contributed by atoms with Gasteiger partial charge in [0.15, 0.2) is 0 Å².